The fourth-order valence-electron chi connectivity index (χ4n) is 2.19. The van der Waals surface area contributed by atoms with Crippen molar-refractivity contribution < 1.29 is 14.2 Å². The number of hydrogen-bond donors (Lipinski definition) is 2. The molecule has 2 rings (SSSR count). The summed E-state index contributed by atoms with van der Waals surface area (Å²) in [6.45, 7) is 5.27. The van der Waals surface area contributed by atoms with Crippen LogP contribution in [-0.2, 0) is 9.59 Å². The van der Waals surface area contributed by atoms with Gasteiger partial charge in [-0.2, -0.15) is 4.57 Å². The first-order valence-electron chi connectivity index (χ1n) is 7.12. The lowest BCUT2D eigenvalue weighted by molar-refractivity contribution is -0.711. The highest BCUT2D eigenvalue weighted by Crippen LogP contribution is 2.14. The van der Waals surface area contributed by atoms with E-state index in [0.29, 0.717) is 11.4 Å². The lowest BCUT2D eigenvalue weighted by atomic mass is 10.2. The third-order valence-electron chi connectivity index (χ3n) is 3.37. The molecule has 114 valence electrons. The van der Waals surface area contributed by atoms with Crippen LogP contribution in [0.5, 0.6) is 0 Å². The van der Waals surface area contributed by atoms with Gasteiger partial charge in [0.15, 0.2) is 11.9 Å². The third-order valence-corrected chi connectivity index (χ3v) is 3.37. The van der Waals surface area contributed by atoms with Crippen LogP contribution in [0.25, 0.3) is 0 Å². The van der Waals surface area contributed by atoms with Crippen molar-refractivity contribution in [2.75, 3.05) is 10.6 Å². The molecule has 1 atom stereocenters. The maximum absolute atomic E-state index is 12.3. The molecule has 1 aromatic carbocycles. The van der Waals surface area contributed by atoms with Crippen molar-refractivity contribution >= 4 is 23.2 Å². The molecule has 0 spiro atoms. The molecule has 5 heteroatoms. The molecular formula is C17H20N3O2+. The maximum Gasteiger partial charge on any atom is 0.293 e. The molecule has 0 bridgehead atoms. The van der Waals surface area contributed by atoms with Crippen LogP contribution in [0, 0.1) is 6.92 Å². The number of aryl methyl sites for hydroxylation is 1. The van der Waals surface area contributed by atoms with Gasteiger partial charge in [-0.1, -0.05) is 6.07 Å². The zero-order chi connectivity index (χ0) is 16.1. The summed E-state index contributed by atoms with van der Waals surface area (Å²) in [7, 11) is 0. The zero-order valence-electron chi connectivity index (χ0n) is 13.0. The minimum Gasteiger partial charge on any atom is -0.326 e. The van der Waals surface area contributed by atoms with Gasteiger partial charge in [0.05, 0.1) is 0 Å². The number of nitrogens with one attached hydrogen (secondary N) is 2. The van der Waals surface area contributed by atoms with Gasteiger partial charge in [0, 0.05) is 44.3 Å². The second-order valence-corrected chi connectivity index (χ2v) is 5.17. The Labute approximate surface area is 130 Å². The highest BCUT2D eigenvalue weighted by atomic mass is 16.2. The van der Waals surface area contributed by atoms with E-state index in [1.807, 2.05) is 42.8 Å². The Bertz CT molecular complexity index is 681. The fraction of sp³-hybridized carbons (Fsp3) is 0.235. The van der Waals surface area contributed by atoms with E-state index in [4.69, 9.17) is 0 Å². The Balaban J connectivity index is 2.05. The first-order chi connectivity index (χ1) is 10.5. The number of carbonyl (C=O) groups is 2. The van der Waals surface area contributed by atoms with Crippen molar-refractivity contribution in [2.45, 2.75) is 26.8 Å². The molecule has 0 fully saturated rings. The molecule has 0 saturated carbocycles. The smallest absolute Gasteiger partial charge is 0.293 e. The van der Waals surface area contributed by atoms with E-state index in [0.717, 1.165) is 5.69 Å². The first-order valence-corrected chi connectivity index (χ1v) is 7.12. The van der Waals surface area contributed by atoms with Gasteiger partial charge >= 0.3 is 0 Å². The lowest BCUT2D eigenvalue weighted by Crippen LogP contribution is -2.46. The van der Waals surface area contributed by atoms with Gasteiger partial charge in [0.2, 0.25) is 11.9 Å². The molecule has 1 aromatic heterocycles. The average molecular weight is 298 g/mol. The van der Waals surface area contributed by atoms with Gasteiger partial charge < -0.3 is 10.6 Å². The number of carbonyl (C=O) groups excluding carboxylic acids is 2. The highest BCUT2D eigenvalue weighted by molar-refractivity contribution is 5.93. The van der Waals surface area contributed by atoms with Crippen LogP contribution in [-0.4, -0.2) is 11.8 Å². The molecule has 0 radical (unpaired) electrons. The molecule has 0 aliphatic heterocycles. The van der Waals surface area contributed by atoms with E-state index in [1.54, 1.807) is 24.3 Å². The fourth-order valence-corrected chi connectivity index (χ4v) is 2.19. The molecular weight excluding hydrogens is 278 g/mol. The summed E-state index contributed by atoms with van der Waals surface area (Å²) in [5, 5.41) is 5.56. The molecule has 2 amide bonds. The minimum absolute atomic E-state index is 0.0911. The summed E-state index contributed by atoms with van der Waals surface area (Å²) in [5.41, 5.74) is 2.41. The van der Waals surface area contributed by atoms with Crippen LogP contribution in [0.4, 0.5) is 11.4 Å². The number of hydrogen-bond acceptors (Lipinski definition) is 2. The molecule has 0 unspecified atom stereocenters. The molecule has 1 heterocycles. The Kier molecular flexibility index (Phi) is 4.88. The van der Waals surface area contributed by atoms with Crippen molar-refractivity contribution in [3.05, 3.63) is 54.4 Å². The highest BCUT2D eigenvalue weighted by Gasteiger charge is 2.23. The van der Waals surface area contributed by atoms with Crippen LogP contribution in [0.1, 0.15) is 25.6 Å². The number of benzene rings is 1. The summed E-state index contributed by atoms with van der Waals surface area (Å²) >= 11 is 0. The molecule has 0 saturated heterocycles. The SMILES string of the molecule is CC(=O)Nc1ccc(NC(=O)[C@H](C)[n+]2ccccc2C)cc1. The summed E-state index contributed by atoms with van der Waals surface area (Å²) in [6.07, 6.45) is 1.89. The van der Waals surface area contributed by atoms with Crippen LogP contribution in [0.3, 0.4) is 0 Å². The van der Waals surface area contributed by atoms with Gasteiger partial charge in [-0.25, -0.2) is 0 Å². The number of amides is 2. The summed E-state index contributed by atoms with van der Waals surface area (Å²) < 4.78 is 1.92. The summed E-state index contributed by atoms with van der Waals surface area (Å²) in [4.78, 5) is 23.3. The average Bonchev–Trinajstić information content (AvgIpc) is 2.48. The molecule has 5 nitrogen and oxygen atoms in total. The predicted octanol–water partition coefficient (Wildman–Crippen LogP) is 2.44. The number of anilines is 2. The van der Waals surface area contributed by atoms with E-state index in [1.165, 1.54) is 6.92 Å². The third kappa shape index (κ3) is 3.91. The van der Waals surface area contributed by atoms with Crippen molar-refractivity contribution in [1.29, 1.82) is 0 Å². The quantitative estimate of drug-likeness (QED) is 0.852. The van der Waals surface area contributed by atoms with Gasteiger partial charge in [-0.15, -0.1) is 0 Å². The van der Waals surface area contributed by atoms with Crippen molar-refractivity contribution in [3.63, 3.8) is 0 Å². The largest absolute Gasteiger partial charge is 0.326 e. The van der Waals surface area contributed by atoms with E-state index in [2.05, 4.69) is 10.6 Å². The monoisotopic (exact) mass is 298 g/mol. The van der Waals surface area contributed by atoms with Crippen molar-refractivity contribution in [2.24, 2.45) is 0 Å². The lowest BCUT2D eigenvalue weighted by Gasteiger charge is -2.11. The van der Waals surface area contributed by atoms with Gasteiger partial charge in [-0.3, -0.25) is 9.59 Å². The second kappa shape index (κ2) is 6.85. The van der Waals surface area contributed by atoms with E-state index in [-0.39, 0.29) is 17.9 Å². The van der Waals surface area contributed by atoms with E-state index < -0.39 is 0 Å². The maximum atomic E-state index is 12.3. The van der Waals surface area contributed by atoms with Crippen LogP contribution in [0.2, 0.25) is 0 Å². The Hall–Kier alpha value is -2.69. The first kappa shape index (κ1) is 15.7. The number of rotatable bonds is 4. The standard InChI is InChI=1S/C17H19N3O2/c1-12-6-4-5-11-20(12)13(2)17(22)19-16-9-7-15(8-10-16)18-14(3)21/h4-11,13H,1-3H3,(H-,18,19,21,22)/p+1/t13-/m0/s1. The van der Waals surface area contributed by atoms with Gasteiger partial charge in [0.25, 0.3) is 5.91 Å². The Morgan fingerprint density at radius 1 is 1.00 bits per heavy atom. The predicted molar refractivity (Wildman–Crippen MR) is 85.5 cm³/mol. The molecule has 2 aromatic rings. The van der Waals surface area contributed by atoms with Crippen molar-refractivity contribution in [3.8, 4) is 0 Å². The Morgan fingerprint density at radius 3 is 2.14 bits per heavy atom. The number of nitrogens with zero attached hydrogens (tertiary/aromatic N) is 1. The molecule has 22 heavy (non-hydrogen) atoms. The van der Waals surface area contributed by atoms with E-state index in [9.17, 15) is 9.59 Å². The Morgan fingerprint density at radius 2 is 1.59 bits per heavy atom. The second-order valence-electron chi connectivity index (χ2n) is 5.17. The topological polar surface area (TPSA) is 62.1 Å². The van der Waals surface area contributed by atoms with Crippen molar-refractivity contribution in [1.82, 2.24) is 0 Å². The van der Waals surface area contributed by atoms with E-state index >= 15 is 0 Å². The van der Waals surface area contributed by atoms with Gasteiger partial charge in [-0.05, 0) is 24.3 Å². The van der Waals surface area contributed by atoms with Gasteiger partial charge in [0.1, 0.15) is 0 Å². The van der Waals surface area contributed by atoms with Crippen LogP contribution >= 0.6 is 0 Å². The number of pyridine rings is 1. The van der Waals surface area contributed by atoms with Crippen LogP contribution in [0.15, 0.2) is 48.7 Å². The van der Waals surface area contributed by atoms with Crippen LogP contribution < -0.4 is 15.2 Å². The minimum atomic E-state index is -0.309. The number of aromatic nitrogens is 1. The molecule has 2 N–H and O–H groups in total. The molecule has 0 aliphatic carbocycles. The molecule has 0 aliphatic rings. The summed E-state index contributed by atoms with van der Waals surface area (Å²) in [5.74, 6) is -0.215. The zero-order valence-corrected chi connectivity index (χ0v) is 13.0. The normalized spacial score (nSPS) is 11.6. The summed E-state index contributed by atoms with van der Waals surface area (Å²) in [6, 6.07) is 12.5.